The molecule has 0 spiro atoms. The molecule has 27 heavy (non-hydrogen) atoms. The van der Waals surface area contributed by atoms with Crippen molar-refractivity contribution in [2.24, 2.45) is 0 Å². The van der Waals surface area contributed by atoms with Gasteiger partial charge in [-0.25, -0.2) is 13.1 Å². The van der Waals surface area contributed by atoms with E-state index in [-0.39, 0.29) is 17.2 Å². The van der Waals surface area contributed by atoms with Gasteiger partial charge >= 0.3 is 6.18 Å². The molecule has 0 saturated heterocycles. The number of hydrogen-bond acceptors (Lipinski definition) is 4. The third-order valence-corrected chi connectivity index (χ3v) is 5.07. The molecule has 5 nitrogen and oxygen atoms in total. The van der Waals surface area contributed by atoms with Crippen molar-refractivity contribution in [1.82, 2.24) is 9.78 Å². The molecule has 0 atom stereocenters. The molecule has 0 fully saturated rings. The molecule has 0 bridgehead atoms. The van der Waals surface area contributed by atoms with Gasteiger partial charge in [-0.15, -0.1) is 0 Å². The van der Waals surface area contributed by atoms with Crippen molar-refractivity contribution in [1.29, 1.82) is 0 Å². The number of nitrogens with zero attached hydrogens (tertiary/aromatic N) is 2. The number of benzene rings is 2. The summed E-state index contributed by atoms with van der Waals surface area (Å²) in [5, 5.41) is 12.8. The van der Waals surface area contributed by atoms with E-state index in [4.69, 9.17) is 5.11 Å². The van der Waals surface area contributed by atoms with Crippen LogP contribution >= 0.6 is 0 Å². The number of alkyl halides is 3. The Balaban J connectivity index is 2.14. The Kier molecular flexibility index (Phi) is 4.83. The Morgan fingerprint density at radius 3 is 2.11 bits per heavy atom. The van der Waals surface area contributed by atoms with E-state index in [0.29, 0.717) is 16.8 Å². The van der Waals surface area contributed by atoms with Crippen molar-refractivity contribution in [2.75, 3.05) is 6.26 Å². The van der Waals surface area contributed by atoms with Crippen molar-refractivity contribution in [3.05, 3.63) is 65.9 Å². The van der Waals surface area contributed by atoms with E-state index in [1.807, 2.05) is 0 Å². The monoisotopic (exact) mass is 396 g/mol. The van der Waals surface area contributed by atoms with Crippen LogP contribution < -0.4 is 0 Å². The van der Waals surface area contributed by atoms with Crippen molar-refractivity contribution >= 4 is 9.84 Å². The van der Waals surface area contributed by atoms with Gasteiger partial charge in [0.15, 0.2) is 15.5 Å². The summed E-state index contributed by atoms with van der Waals surface area (Å²) in [7, 11) is -3.42. The molecule has 9 heteroatoms. The van der Waals surface area contributed by atoms with Crippen molar-refractivity contribution < 1.29 is 26.7 Å². The van der Waals surface area contributed by atoms with Crippen LogP contribution in [0.15, 0.2) is 59.5 Å². The topological polar surface area (TPSA) is 72.2 Å². The van der Waals surface area contributed by atoms with Crippen LogP contribution in [0.3, 0.4) is 0 Å². The summed E-state index contributed by atoms with van der Waals surface area (Å²) in [6.07, 6.45) is -3.58. The molecule has 0 saturated carbocycles. The molecule has 1 N–H and O–H groups in total. The van der Waals surface area contributed by atoms with Gasteiger partial charge in [0.25, 0.3) is 0 Å². The molecule has 0 aliphatic heterocycles. The van der Waals surface area contributed by atoms with Crippen molar-refractivity contribution in [3.8, 4) is 16.9 Å². The second kappa shape index (κ2) is 6.82. The van der Waals surface area contributed by atoms with E-state index >= 15 is 0 Å². The lowest BCUT2D eigenvalue weighted by molar-refractivity contribution is -0.141. The molecule has 0 unspecified atom stereocenters. The average Bonchev–Trinajstić information content (AvgIpc) is 3.07. The maximum absolute atomic E-state index is 13.2. The van der Waals surface area contributed by atoms with Crippen LogP contribution in [-0.4, -0.2) is 29.6 Å². The fourth-order valence-electron chi connectivity index (χ4n) is 2.54. The van der Waals surface area contributed by atoms with Crippen LogP contribution in [0.2, 0.25) is 0 Å². The van der Waals surface area contributed by atoms with Crippen LogP contribution in [-0.2, 0) is 22.6 Å². The summed E-state index contributed by atoms with van der Waals surface area (Å²) in [4.78, 5) is 0.0586. The summed E-state index contributed by atoms with van der Waals surface area (Å²) in [5.74, 6) is 0. The summed E-state index contributed by atoms with van der Waals surface area (Å²) >= 11 is 0. The van der Waals surface area contributed by atoms with Gasteiger partial charge < -0.3 is 5.11 Å². The Morgan fingerprint density at radius 2 is 1.63 bits per heavy atom. The van der Waals surface area contributed by atoms with Gasteiger partial charge in [-0.05, 0) is 35.9 Å². The molecule has 1 aromatic heterocycles. The molecule has 1 heterocycles. The van der Waals surface area contributed by atoms with Crippen LogP contribution in [0.1, 0.15) is 11.3 Å². The number of aliphatic hydroxyl groups is 1. The van der Waals surface area contributed by atoms with Gasteiger partial charge in [-0.3, -0.25) is 0 Å². The first-order valence-electron chi connectivity index (χ1n) is 7.77. The third kappa shape index (κ3) is 4.04. The van der Waals surface area contributed by atoms with E-state index in [2.05, 4.69) is 5.10 Å². The first kappa shape index (κ1) is 19.1. The number of sulfone groups is 1. The van der Waals surface area contributed by atoms with Gasteiger partial charge in [-0.2, -0.15) is 18.3 Å². The molecular weight excluding hydrogens is 381 g/mol. The molecule has 3 aromatic rings. The largest absolute Gasteiger partial charge is 0.435 e. The highest BCUT2D eigenvalue weighted by Gasteiger charge is 2.35. The summed E-state index contributed by atoms with van der Waals surface area (Å²) in [6, 6.07) is 12.7. The minimum absolute atomic E-state index is 0.0586. The third-order valence-electron chi connectivity index (χ3n) is 3.94. The van der Waals surface area contributed by atoms with Crippen molar-refractivity contribution in [3.63, 3.8) is 0 Å². The highest BCUT2D eigenvalue weighted by atomic mass is 32.2. The van der Waals surface area contributed by atoms with E-state index in [1.54, 1.807) is 24.3 Å². The fourth-order valence-corrected chi connectivity index (χ4v) is 3.17. The molecule has 3 rings (SSSR count). The lowest BCUT2D eigenvalue weighted by atomic mass is 10.1. The molecular formula is C18H15F3N2O3S. The van der Waals surface area contributed by atoms with Gasteiger partial charge in [0.1, 0.15) is 0 Å². The summed E-state index contributed by atoms with van der Waals surface area (Å²) < 4.78 is 63.8. The van der Waals surface area contributed by atoms with Crippen molar-refractivity contribution in [2.45, 2.75) is 17.7 Å². The zero-order valence-corrected chi connectivity index (χ0v) is 14.9. The standard InChI is InChI=1S/C18H15F3N2O3S/c1-27(25,26)15-8-6-14(7-9-15)23-16(10-17(22-23)18(19,20)21)13-4-2-12(11-24)3-5-13/h2-10,24H,11H2,1H3. The predicted octanol–water partition coefficient (Wildman–Crippen LogP) is 3.45. The molecule has 0 radical (unpaired) electrons. The van der Waals surface area contributed by atoms with Gasteiger partial charge in [0.2, 0.25) is 0 Å². The van der Waals surface area contributed by atoms with Gasteiger partial charge in [0.05, 0.1) is 22.9 Å². The van der Waals surface area contributed by atoms with Gasteiger partial charge in [-0.1, -0.05) is 24.3 Å². The lowest BCUT2D eigenvalue weighted by Gasteiger charge is -2.09. The predicted molar refractivity (Wildman–Crippen MR) is 93.0 cm³/mol. The van der Waals surface area contributed by atoms with Gasteiger partial charge in [0, 0.05) is 11.8 Å². The van der Waals surface area contributed by atoms with Crippen LogP contribution in [0.5, 0.6) is 0 Å². The van der Waals surface area contributed by atoms with E-state index in [9.17, 15) is 21.6 Å². The molecule has 0 aliphatic carbocycles. The number of aromatic nitrogens is 2. The number of hydrogen-bond donors (Lipinski definition) is 1. The quantitative estimate of drug-likeness (QED) is 0.733. The number of aliphatic hydroxyl groups excluding tert-OH is 1. The summed E-state index contributed by atoms with van der Waals surface area (Å²) in [5.41, 5.74) is 0.523. The average molecular weight is 396 g/mol. The second-order valence-electron chi connectivity index (χ2n) is 5.95. The Bertz CT molecular complexity index is 1050. The van der Waals surface area contributed by atoms with Crippen LogP contribution in [0, 0.1) is 0 Å². The minimum Gasteiger partial charge on any atom is -0.392 e. The number of halogens is 3. The lowest BCUT2D eigenvalue weighted by Crippen LogP contribution is -2.07. The Labute approximate surface area is 153 Å². The fraction of sp³-hybridized carbons (Fsp3) is 0.167. The SMILES string of the molecule is CS(=O)(=O)c1ccc(-n2nc(C(F)(F)F)cc2-c2ccc(CO)cc2)cc1. The zero-order chi connectivity index (χ0) is 19.8. The Hall–Kier alpha value is -2.65. The molecule has 0 aliphatic rings. The Morgan fingerprint density at radius 1 is 1.04 bits per heavy atom. The first-order valence-corrected chi connectivity index (χ1v) is 9.66. The maximum Gasteiger partial charge on any atom is 0.435 e. The van der Waals surface area contributed by atoms with Crippen LogP contribution in [0.25, 0.3) is 16.9 Å². The zero-order valence-electron chi connectivity index (χ0n) is 14.1. The highest BCUT2D eigenvalue weighted by Crippen LogP contribution is 2.33. The minimum atomic E-state index is -4.63. The number of rotatable bonds is 4. The molecule has 2 aromatic carbocycles. The van der Waals surface area contributed by atoms with E-state index in [1.165, 1.54) is 24.3 Å². The first-order chi connectivity index (χ1) is 12.6. The normalized spacial score (nSPS) is 12.3. The second-order valence-corrected chi connectivity index (χ2v) is 7.96. The van der Waals surface area contributed by atoms with E-state index < -0.39 is 21.7 Å². The molecule has 142 valence electrons. The summed E-state index contributed by atoms with van der Waals surface area (Å²) in [6.45, 7) is -0.180. The van der Waals surface area contributed by atoms with Crippen LogP contribution in [0.4, 0.5) is 13.2 Å². The molecule has 0 amide bonds. The smallest absolute Gasteiger partial charge is 0.392 e. The maximum atomic E-state index is 13.2. The highest BCUT2D eigenvalue weighted by molar-refractivity contribution is 7.90. The van der Waals surface area contributed by atoms with E-state index in [0.717, 1.165) is 17.0 Å².